The summed E-state index contributed by atoms with van der Waals surface area (Å²) in [6.07, 6.45) is 4.90. The van der Waals surface area contributed by atoms with Crippen molar-refractivity contribution in [3.05, 3.63) is 59.6 Å². The number of nitrogens with one attached hydrogen (secondary N) is 4. The number of aromatic nitrogens is 4. The Morgan fingerprint density at radius 1 is 0.750 bits per heavy atom. The van der Waals surface area contributed by atoms with Gasteiger partial charge in [0.1, 0.15) is 28.4 Å². The van der Waals surface area contributed by atoms with Crippen LogP contribution >= 0.6 is 24.8 Å². The average molecular weight is 816 g/mol. The lowest BCUT2D eigenvalue weighted by Gasteiger charge is -2.34. The van der Waals surface area contributed by atoms with Crippen molar-refractivity contribution in [3.8, 4) is 34.9 Å². The van der Waals surface area contributed by atoms with E-state index in [4.69, 9.17) is 18.9 Å². The molecule has 4 atom stereocenters. The number of hydrogen-bond donors (Lipinski definition) is 4. The highest BCUT2D eigenvalue weighted by Crippen LogP contribution is 2.34. The third-order valence-electron chi connectivity index (χ3n) is 9.45. The molecule has 16 nitrogen and oxygen atoms in total. The Kier molecular flexibility index (Phi) is 16.2. The molecule has 0 radical (unpaired) electrons. The molecule has 0 aliphatic carbocycles. The van der Waals surface area contributed by atoms with Crippen LogP contribution in [0.5, 0.6) is 0 Å². The summed E-state index contributed by atoms with van der Waals surface area (Å²) in [6, 6.07) is 7.02. The van der Waals surface area contributed by atoms with Crippen molar-refractivity contribution in [2.45, 2.75) is 62.7 Å². The first kappa shape index (κ1) is 45.1. The molecule has 2 aromatic heterocycles. The number of rotatable bonds is 11. The van der Waals surface area contributed by atoms with Crippen molar-refractivity contribution in [2.75, 3.05) is 54.7 Å². The van der Waals surface area contributed by atoms with E-state index in [9.17, 15) is 19.2 Å². The van der Waals surface area contributed by atoms with Crippen LogP contribution in [0.15, 0.2) is 36.7 Å². The first-order valence-electron chi connectivity index (χ1n) is 17.5. The van der Waals surface area contributed by atoms with Crippen LogP contribution in [0.1, 0.15) is 74.5 Å². The van der Waals surface area contributed by atoms with Gasteiger partial charge in [-0.2, -0.15) is 0 Å². The SMILES string of the molecule is COCC(C)(NC(=O)OC)C(=O)N1CCC[C@H]1c1ncc(C#CC#Cc2ccc(-c3cnc([C@@H]4CCCN4C(=O)C(C)(COC)NC(=O)OC)[nH]3)cc2)[nH]1.Cl.Cl. The number of amides is 4. The number of carbonyl (C=O) groups is 4. The highest BCUT2D eigenvalue weighted by molar-refractivity contribution is 5.91. The number of ether oxygens (including phenoxy) is 4. The Balaban J connectivity index is 0.00000420. The van der Waals surface area contributed by atoms with E-state index >= 15 is 0 Å². The van der Waals surface area contributed by atoms with Gasteiger partial charge >= 0.3 is 12.2 Å². The van der Waals surface area contributed by atoms with Gasteiger partial charge in [-0.3, -0.25) is 9.59 Å². The van der Waals surface area contributed by atoms with Crippen LogP contribution in [0.2, 0.25) is 0 Å². The summed E-state index contributed by atoms with van der Waals surface area (Å²) in [6.45, 7) is 4.21. The molecule has 3 aromatic rings. The number of carbonyl (C=O) groups excluding carboxylic acids is 4. The summed E-state index contributed by atoms with van der Waals surface area (Å²) in [5.41, 5.74) is 0.389. The number of hydrogen-bond acceptors (Lipinski definition) is 10. The second kappa shape index (κ2) is 20.1. The highest BCUT2D eigenvalue weighted by atomic mass is 35.5. The molecule has 4 amide bonds. The quantitative estimate of drug-likeness (QED) is 0.207. The van der Waals surface area contributed by atoms with Gasteiger partial charge in [-0.05, 0) is 75.0 Å². The van der Waals surface area contributed by atoms with Crippen molar-refractivity contribution in [1.29, 1.82) is 0 Å². The maximum absolute atomic E-state index is 13.6. The molecule has 0 bridgehead atoms. The third-order valence-corrected chi connectivity index (χ3v) is 9.45. The zero-order valence-corrected chi connectivity index (χ0v) is 33.8. The first-order chi connectivity index (χ1) is 25.9. The molecule has 0 saturated carbocycles. The lowest BCUT2D eigenvalue weighted by Crippen LogP contribution is -2.60. The lowest BCUT2D eigenvalue weighted by molar-refractivity contribution is -0.141. The maximum Gasteiger partial charge on any atom is 0.407 e. The van der Waals surface area contributed by atoms with E-state index in [1.165, 1.54) is 28.4 Å². The van der Waals surface area contributed by atoms with Crippen LogP contribution in [0.3, 0.4) is 0 Å². The first-order valence-corrected chi connectivity index (χ1v) is 17.5. The Bertz CT molecular complexity index is 1970. The van der Waals surface area contributed by atoms with Gasteiger partial charge in [-0.25, -0.2) is 19.6 Å². The Morgan fingerprint density at radius 2 is 1.23 bits per heavy atom. The standard InChI is InChI=1S/C38H46N8O8.2ClH/c1-37(23-51-3,43-35(49)53-5)33(47)45-19-9-13-29(45)31-39-21-27(41-31)12-8-7-11-25-15-17-26(18-16-25)28-22-40-32(42-28)30-14-10-20-46(30)34(48)38(2,24-52-4)44-36(50)54-6;;/h15-18,21-22,29-30H,9-10,13-14,19-20,23-24H2,1-6H3,(H,39,41)(H,40,42)(H,43,49)(H,44,50);2*1H/t29-,30-,37?,38?;;/m0../s1. The smallest absolute Gasteiger partial charge is 0.407 e. The molecule has 5 rings (SSSR count). The van der Waals surface area contributed by atoms with Crippen LogP contribution in [0, 0.1) is 23.7 Å². The van der Waals surface area contributed by atoms with E-state index in [1.807, 2.05) is 24.3 Å². The molecule has 2 fully saturated rings. The predicted octanol–water partition coefficient (Wildman–Crippen LogP) is 3.90. The fraction of sp³-hybridized carbons (Fsp3) is 0.474. The molecule has 18 heteroatoms. The van der Waals surface area contributed by atoms with Crippen molar-refractivity contribution in [1.82, 2.24) is 40.4 Å². The maximum atomic E-state index is 13.6. The van der Waals surface area contributed by atoms with Crippen LogP contribution in [0.25, 0.3) is 11.3 Å². The van der Waals surface area contributed by atoms with E-state index in [0.29, 0.717) is 36.9 Å². The van der Waals surface area contributed by atoms with Crippen LogP contribution in [0.4, 0.5) is 9.59 Å². The Morgan fingerprint density at radius 3 is 1.73 bits per heavy atom. The number of methoxy groups -OCH3 is 4. The fourth-order valence-electron chi connectivity index (χ4n) is 6.81. The summed E-state index contributed by atoms with van der Waals surface area (Å²) in [5, 5.41) is 5.23. The minimum absolute atomic E-state index is 0. The Labute approximate surface area is 338 Å². The molecule has 302 valence electrons. The lowest BCUT2D eigenvalue weighted by atomic mass is 10.0. The van der Waals surface area contributed by atoms with Crippen LogP contribution in [-0.4, -0.2) is 120 Å². The molecule has 2 unspecified atom stereocenters. The van der Waals surface area contributed by atoms with E-state index in [1.54, 1.807) is 36.0 Å². The molecule has 1 aromatic carbocycles. The molecule has 4 heterocycles. The second-order valence-corrected chi connectivity index (χ2v) is 13.5. The van der Waals surface area contributed by atoms with E-state index < -0.39 is 23.3 Å². The molecule has 0 spiro atoms. The molecular formula is C38H48Cl2N8O8. The number of imidazole rings is 2. The number of likely N-dealkylation sites (tertiary alicyclic amines) is 2. The summed E-state index contributed by atoms with van der Waals surface area (Å²) >= 11 is 0. The molecule has 56 heavy (non-hydrogen) atoms. The summed E-state index contributed by atoms with van der Waals surface area (Å²) in [7, 11) is 5.42. The molecule has 4 N–H and O–H groups in total. The van der Waals surface area contributed by atoms with E-state index in [2.05, 4.69) is 54.3 Å². The molecule has 2 aliphatic heterocycles. The predicted molar refractivity (Wildman–Crippen MR) is 210 cm³/mol. The van der Waals surface area contributed by atoms with Gasteiger partial charge in [0.15, 0.2) is 0 Å². The molecule has 2 aliphatic rings. The normalized spacial score (nSPS) is 18.0. The number of nitrogens with zero attached hydrogens (tertiary/aromatic N) is 4. The largest absolute Gasteiger partial charge is 0.453 e. The van der Waals surface area contributed by atoms with Crippen LogP contribution < -0.4 is 10.6 Å². The minimum Gasteiger partial charge on any atom is -0.453 e. The summed E-state index contributed by atoms with van der Waals surface area (Å²) in [5.74, 6) is 12.4. The van der Waals surface area contributed by atoms with Gasteiger partial charge in [0, 0.05) is 32.9 Å². The number of halogens is 2. The monoisotopic (exact) mass is 814 g/mol. The highest BCUT2D eigenvalue weighted by Gasteiger charge is 2.45. The van der Waals surface area contributed by atoms with Crippen molar-refractivity contribution >= 4 is 48.8 Å². The number of H-pyrrole nitrogens is 2. The Hall–Kier alpha value is -5.26. The topological polar surface area (TPSA) is 193 Å². The molecular weight excluding hydrogens is 767 g/mol. The summed E-state index contributed by atoms with van der Waals surface area (Å²) in [4.78, 5) is 70.3. The number of aromatic amines is 2. The van der Waals surface area contributed by atoms with Gasteiger partial charge < -0.3 is 49.3 Å². The van der Waals surface area contributed by atoms with E-state index in [-0.39, 0.29) is 61.9 Å². The zero-order chi connectivity index (χ0) is 38.9. The van der Waals surface area contributed by atoms with Gasteiger partial charge in [-0.1, -0.05) is 18.1 Å². The molecule has 2 saturated heterocycles. The van der Waals surface area contributed by atoms with Gasteiger partial charge in [-0.15, -0.1) is 24.8 Å². The van der Waals surface area contributed by atoms with Crippen molar-refractivity contribution in [2.24, 2.45) is 0 Å². The van der Waals surface area contributed by atoms with Gasteiger partial charge in [0.2, 0.25) is 0 Å². The number of alkyl carbamates (subject to hydrolysis) is 2. The van der Waals surface area contributed by atoms with Crippen LogP contribution in [-0.2, 0) is 28.5 Å². The fourth-order valence-corrected chi connectivity index (χ4v) is 6.81. The summed E-state index contributed by atoms with van der Waals surface area (Å²) < 4.78 is 20.0. The van der Waals surface area contributed by atoms with Gasteiger partial charge in [0.05, 0.1) is 57.6 Å². The average Bonchev–Trinajstić information content (AvgIpc) is 4.00. The van der Waals surface area contributed by atoms with Crippen molar-refractivity contribution in [3.63, 3.8) is 0 Å². The van der Waals surface area contributed by atoms with Crippen molar-refractivity contribution < 1.29 is 38.1 Å². The third kappa shape index (κ3) is 10.3. The number of benzene rings is 1. The zero-order valence-electron chi connectivity index (χ0n) is 32.1. The minimum atomic E-state index is -1.31. The second-order valence-electron chi connectivity index (χ2n) is 13.5. The van der Waals surface area contributed by atoms with Gasteiger partial charge in [0.25, 0.3) is 11.8 Å². The van der Waals surface area contributed by atoms with E-state index in [0.717, 1.165) is 36.1 Å².